The minimum absolute atomic E-state index is 0.0159. The van der Waals surface area contributed by atoms with Crippen LogP contribution in [-0.2, 0) is 16.4 Å². The number of hydrogen-bond donors (Lipinski definition) is 1. The van der Waals surface area contributed by atoms with Gasteiger partial charge in [-0.3, -0.25) is 9.78 Å². The quantitative estimate of drug-likeness (QED) is 0.875. The van der Waals surface area contributed by atoms with E-state index in [0.717, 1.165) is 4.31 Å². The molecular formula is C16H18N2O4S2. The van der Waals surface area contributed by atoms with Crippen molar-refractivity contribution in [3.05, 3.63) is 45.9 Å². The number of pyridine rings is 1. The minimum Gasteiger partial charge on any atom is -0.387 e. The first-order valence-corrected chi connectivity index (χ1v) is 9.91. The molecule has 1 atom stereocenters. The number of carbonyl (C=O) groups is 1. The average Bonchev–Trinajstić information content (AvgIpc) is 3.01. The molecule has 1 N–H and O–H groups in total. The van der Waals surface area contributed by atoms with Crippen LogP contribution in [0.3, 0.4) is 0 Å². The van der Waals surface area contributed by atoms with Crippen molar-refractivity contribution in [3.8, 4) is 0 Å². The normalized spacial score (nSPS) is 16.2. The molecule has 2 heterocycles. The summed E-state index contributed by atoms with van der Waals surface area (Å²) in [6.07, 6.45) is 3.91. The summed E-state index contributed by atoms with van der Waals surface area (Å²) in [7, 11) is -2.31. The number of Topliss-reactive ketones (excluding diaryl/α,β-unsaturated/α-hetero) is 1. The van der Waals surface area contributed by atoms with Crippen LogP contribution in [-0.4, -0.2) is 42.2 Å². The molecule has 0 spiro atoms. The summed E-state index contributed by atoms with van der Waals surface area (Å²) in [5.41, 5.74) is 1.23. The van der Waals surface area contributed by atoms with Crippen LogP contribution in [0.5, 0.6) is 0 Å². The predicted molar refractivity (Wildman–Crippen MR) is 90.6 cm³/mol. The standard InChI is InChI=1S/C16H18N2O4S2/c1-18(9-14(20)11-5-7-17-8-6-11)24(21,22)15-10-23-16-12(15)3-2-4-13(16)19/h5-8,10,14,20H,2-4,9H2,1H3. The predicted octanol–water partition coefficient (Wildman–Crippen LogP) is 2.02. The Morgan fingerprint density at radius 2 is 2.04 bits per heavy atom. The molecule has 24 heavy (non-hydrogen) atoms. The van der Waals surface area contributed by atoms with Gasteiger partial charge in [-0.25, -0.2) is 8.42 Å². The van der Waals surface area contributed by atoms with E-state index in [9.17, 15) is 18.3 Å². The van der Waals surface area contributed by atoms with E-state index in [0.29, 0.717) is 35.3 Å². The molecule has 0 radical (unpaired) electrons. The lowest BCUT2D eigenvalue weighted by Gasteiger charge is -2.21. The van der Waals surface area contributed by atoms with Crippen molar-refractivity contribution in [1.82, 2.24) is 9.29 Å². The first-order valence-electron chi connectivity index (χ1n) is 7.59. The van der Waals surface area contributed by atoms with Crippen molar-refractivity contribution in [2.75, 3.05) is 13.6 Å². The van der Waals surface area contributed by atoms with E-state index in [1.54, 1.807) is 29.9 Å². The van der Waals surface area contributed by atoms with E-state index in [2.05, 4.69) is 4.98 Å². The molecule has 2 aromatic heterocycles. The highest BCUT2D eigenvalue weighted by atomic mass is 32.2. The van der Waals surface area contributed by atoms with E-state index >= 15 is 0 Å². The molecule has 1 unspecified atom stereocenters. The molecule has 0 bridgehead atoms. The summed E-state index contributed by atoms with van der Waals surface area (Å²) in [6.45, 7) is -0.0646. The molecule has 0 aliphatic heterocycles. The average molecular weight is 366 g/mol. The van der Waals surface area contributed by atoms with Crippen molar-refractivity contribution < 1.29 is 18.3 Å². The van der Waals surface area contributed by atoms with Crippen molar-refractivity contribution in [2.24, 2.45) is 0 Å². The molecule has 3 rings (SSSR count). The maximum absolute atomic E-state index is 12.8. The Morgan fingerprint density at radius 3 is 2.75 bits per heavy atom. The maximum Gasteiger partial charge on any atom is 0.244 e. The molecule has 0 aromatic carbocycles. The summed E-state index contributed by atoms with van der Waals surface area (Å²) in [5.74, 6) is 0.0159. The number of aliphatic hydroxyl groups excluding tert-OH is 1. The van der Waals surface area contributed by atoms with Crippen LogP contribution >= 0.6 is 11.3 Å². The van der Waals surface area contributed by atoms with Gasteiger partial charge in [-0.15, -0.1) is 11.3 Å². The third-order valence-electron chi connectivity index (χ3n) is 4.15. The molecule has 6 nitrogen and oxygen atoms in total. The van der Waals surface area contributed by atoms with Gasteiger partial charge in [-0.2, -0.15) is 4.31 Å². The second kappa shape index (κ2) is 6.72. The number of aromatic nitrogens is 1. The number of carbonyl (C=O) groups excluding carboxylic acids is 1. The monoisotopic (exact) mass is 366 g/mol. The number of likely N-dealkylation sites (N-methyl/N-ethyl adjacent to an activating group) is 1. The summed E-state index contributed by atoms with van der Waals surface area (Å²) >= 11 is 1.19. The second-order valence-electron chi connectivity index (χ2n) is 5.77. The number of hydrogen-bond acceptors (Lipinski definition) is 6. The first-order chi connectivity index (χ1) is 11.4. The topological polar surface area (TPSA) is 87.6 Å². The van der Waals surface area contributed by atoms with Gasteiger partial charge in [0.05, 0.1) is 15.9 Å². The molecule has 8 heteroatoms. The molecular weight excluding hydrogens is 348 g/mol. The number of ketones is 1. The zero-order valence-electron chi connectivity index (χ0n) is 13.2. The molecule has 0 saturated carbocycles. The van der Waals surface area contributed by atoms with Crippen LogP contribution in [0.4, 0.5) is 0 Å². The molecule has 0 fully saturated rings. The van der Waals surface area contributed by atoms with E-state index in [1.807, 2.05) is 0 Å². The molecule has 128 valence electrons. The largest absolute Gasteiger partial charge is 0.387 e. The summed E-state index contributed by atoms with van der Waals surface area (Å²) in [4.78, 5) is 16.5. The van der Waals surface area contributed by atoms with Gasteiger partial charge in [0, 0.05) is 37.8 Å². The molecule has 0 saturated heterocycles. The van der Waals surface area contributed by atoms with Crippen LogP contribution in [0.15, 0.2) is 34.8 Å². The van der Waals surface area contributed by atoms with Gasteiger partial charge in [-0.1, -0.05) is 0 Å². The zero-order chi connectivity index (χ0) is 17.3. The minimum atomic E-state index is -3.75. The Kier molecular flexibility index (Phi) is 4.82. The van der Waals surface area contributed by atoms with Crippen LogP contribution in [0, 0.1) is 0 Å². The van der Waals surface area contributed by atoms with Crippen LogP contribution in [0.2, 0.25) is 0 Å². The first kappa shape index (κ1) is 17.2. The number of fused-ring (bicyclic) bond motifs is 1. The lowest BCUT2D eigenvalue weighted by Crippen LogP contribution is -2.31. The SMILES string of the molecule is CN(CC(O)c1ccncc1)S(=O)(=O)c1csc2c1CCCC2=O. The van der Waals surface area contributed by atoms with Gasteiger partial charge in [0.1, 0.15) is 0 Å². The Bertz CT molecular complexity index is 846. The van der Waals surface area contributed by atoms with E-state index in [1.165, 1.54) is 18.4 Å². The molecule has 1 aliphatic carbocycles. The lowest BCUT2D eigenvalue weighted by atomic mass is 9.98. The van der Waals surface area contributed by atoms with E-state index in [4.69, 9.17) is 0 Å². The Morgan fingerprint density at radius 1 is 1.33 bits per heavy atom. The van der Waals surface area contributed by atoms with Crippen molar-refractivity contribution in [1.29, 1.82) is 0 Å². The van der Waals surface area contributed by atoms with E-state index < -0.39 is 16.1 Å². The fourth-order valence-electron chi connectivity index (χ4n) is 2.79. The van der Waals surface area contributed by atoms with Gasteiger partial charge >= 0.3 is 0 Å². The second-order valence-corrected chi connectivity index (χ2v) is 8.66. The number of rotatable bonds is 5. The smallest absolute Gasteiger partial charge is 0.244 e. The van der Waals surface area contributed by atoms with Crippen LogP contribution in [0.1, 0.15) is 39.7 Å². The van der Waals surface area contributed by atoms with Crippen molar-refractivity contribution in [2.45, 2.75) is 30.3 Å². The fourth-order valence-corrected chi connectivity index (χ4v) is 5.63. The van der Waals surface area contributed by atoms with Gasteiger partial charge < -0.3 is 5.11 Å². The number of thiophene rings is 1. The third kappa shape index (κ3) is 3.14. The van der Waals surface area contributed by atoms with Gasteiger partial charge in [0.2, 0.25) is 10.0 Å². The highest BCUT2D eigenvalue weighted by Crippen LogP contribution is 2.34. The van der Waals surface area contributed by atoms with Crippen LogP contribution < -0.4 is 0 Å². The number of aliphatic hydroxyl groups is 1. The van der Waals surface area contributed by atoms with E-state index in [-0.39, 0.29) is 17.2 Å². The Labute approximate surface area is 144 Å². The summed E-state index contributed by atoms with van der Waals surface area (Å²) in [5, 5.41) is 11.8. The highest BCUT2D eigenvalue weighted by Gasteiger charge is 2.31. The number of sulfonamides is 1. The summed E-state index contributed by atoms with van der Waals surface area (Å²) in [6, 6.07) is 3.30. The highest BCUT2D eigenvalue weighted by molar-refractivity contribution is 7.89. The maximum atomic E-state index is 12.8. The van der Waals surface area contributed by atoms with Gasteiger partial charge in [0.25, 0.3) is 0 Å². The van der Waals surface area contributed by atoms with Gasteiger partial charge in [-0.05, 0) is 36.1 Å². The fraction of sp³-hybridized carbons (Fsp3) is 0.375. The summed E-state index contributed by atoms with van der Waals surface area (Å²) < 4.78 is 26.8. The van der Waals surface area contributed by atoms with Gasteiger partial charge in [0.15, 0.2) is 5.78 Å². The van der Waals surface area contributed by atoms with Crippen molar-refractivity contribution in [3.63, 3.8) is 0 Å². The molecule has 1 aliphatic rings. The molecule has 0 amide bonds. The van der Waals surface area contributed by atoms with Crippen LogP contribution in [0.25, 0.3) is 0 Å². The lowest BCUT2D eigenvalue weighted by molar-refractivity contribution is 0.0976. The Balaban J connectivity index is 1.84. The number of nitrogens with zero attached hydrogens (tertiary/aromatic N) is 2. The zero-order valence-corrected chi connectivity index (χ0v) is 14.8. The Hall–Kier alpha value is -1.61. The molecule has 2 aromatic rings. The van der Waals surface area contributed by atoms with Crippen molar-refractivity contribution >= 4 is 27.1 Å². The third-order valence-corrected chi connectivity index (χ3v) is 7.25.